The van der Waals surface area contributed by atoms with Crippen LogP contribution in [0.2, 0.25) is 5.02 Å². The van der Waals surface area contributed by atoms with Crippen molar-refractivity contribution in [3.8, 4) is 0 Å². The second-order valence-corrected chi connectivity index (χ2v) is 4.09. The Morgan fingerprint density at radius 1 is 1.50 bits per heavy atom. The number of cyclic esters (lactones) is 1. The fraction of sp³-hybridized carbons (Fsp3) is 0.364. The average molecular weight is 241 g/mol. The molecule has 1 fully saturated rings. The van der Waals surface area contributed by atoms with Crippen molar-refractivity contribution in [3.05, 3.63) is 29.3 Å². The van der Waals surface area contributed by atoms with Gasteiger partial charge in [-0.05, 0) is 31.3 Å². The van der Waals surface area contributed by atoms with Crippen LogP contribution < -0.4 is 10.2 Å². The van der Waals surface area contributed by atoms with Crippen LogP contribution >= 0.6 is 11.6 Å². The standard InChI is InChI=1S/C11H13ClN2O2/c1-13-6-10-7-14(11(15)16-10)9-4-2-8(12)3-5-9/h2-5,10,13H,6-7H2,1H3. The van der Waals surface area contributed by atoms with Gasteiger partial charge >= 0.3 is 6.09 Å². The summed E-state index contributed by atoms with van der Waals surface area (Å²) < 4.78 is 5.19. The lowest BCUT2D eigenvalue weighted by Gasteiger charge is -2.12. The summed E-state index contributed by atoms with van der Waals surface area (Å²) in [4.78, 5) is 13.2. The number of anilines is 1. The number of nitrogens with zero attached hydrogens (tertiary/aromatic N) is 1. The molecule has 1 N–H and O–H groups in total. The van der Waals surface area contributed by atoms with Crippen LogP contribution in [0.25, 0.3) is 0 Å². The number of nitrogens with one attached hydrogen (secondary N) is 1. The average Bonchev–Trinajstić information content (AvgIpc) is 2.61. The first kappa shape index (κ1) is 11.2. The summed E-state index contributed by atoms with van der Waals surface area (Å²) >= 11 is 5.79. The maximum atomic E-state index is 11.6. The monoisotopic (exact) mass is 240 g/mol. The summed E-state index contributed by atoms with van der Waals surface area (Å²) in [5, 5.41) is 3.64. The molecule has 0 radical (unpaired) electrons. The van der Waals surface area contributed by atoms with Gasteiger partial charge in [-0.25, -0.2) is 4.79 Å². The lowest BCUT2D eigenvalue weighted by molar-refractivity contribution is 0.141. The van der Waals surface area contributed by atoms with Crippen molar-refractivity contribution in [2.45, 2.75) is 6.10 Å². The molecule has 0 bridgehead atoms. The van der Waals surface area contributed by atoms with Crippen LogP contribution in [0.1, 0.15) is 0 Å². The zero-order valence-corrected chi connectivity index (χ0v) is 9.70. The smallest absolute Gasteiger partial charge is 0.414 e. The van der Waals surface area contributed by atoms with Crippen LogP contribution in [0.15, 0.2) is 24.3 Å². The molecular weight excluding hydrogens is 228 g/mol. The van der Waals surface area contributed by atoms with E-state index in [2.05, 4.69) is 5.32 Å². The summed E-state index contributed by atoms with van der Waals surface area (Å²) in [6.45, 7) is 1.23. The molecule has 1 aromatic carbocycles. The van der Waals surface area contributed by atoms with E-state index in [4.69, 9.17) is 16.3 Å². The normalized spacial score (nSPS) is 20.0. The predicted molar refractivity (Wildman–Crippen MR) is 63.0 cm³/mol. The van der Waals surface area contributed by atoms with Crippen LogP contribution in [-0.2, 0) is 4.74 Å². The molecule has 0 aliphatic carbocycles. The van der Waals surface area contributed by atoms with Gasteiger partial charge in [-0.2, -0.15) is 0 Å². The maximum absolute atomic E-state index is 11.6. The summed E-state index contributed by atoms with van der Waals surface area (Å²) in [6.07, 6.45) is -0.393. The Bertz CT molecular complexity index is 380. The van der Waals surface area contributed by atoms with E-state index in [0.717, 1.165) is 5.69 Å². The highest BCUT2D eigenvalue weighted by Gasteiger charge is 2.31. The third-order valence-electron chi connectivity index (χ3n) is 2.44. The highest BCUT2D eigenvalue weighted by Crippen LogP contribution is 2.23. The zero-order chi connectivity index (χ0) is 11.5. The molecule has 1 unspecified atom stereocenters. The number of ether oxygens (including phenoxy) is 1. The van der Waals surface area contributed by atoms with Crippen molar-refractivity contribution in [2.24, 2.45) is 0 Å². The predicted octanol–water partition coefficient (Wildman–Crippen LogP) is 1.88. The molecule has 1 heterocycles. The fourth-order valence-corrected chi connectivity index (χ4v) is 1.81. The van der Waals surface area contributed by atoms with E-state index in [0.29, 0.717) is 18.1 Å². The number of halogens is 1. The van der Waals surface area contributed by atoms with Gasteiger partial charge in [-0.15, -0.1) is 0 Å². The van der Waals surface area contributed by atoms with Crippen molar-refractivity contribution >= 4 is 23.4 Å². The molecule has 2 rings (SSSR count). The number of likely N-dealkylation sites (N-methyl/N-ethyl adjacent to an activating group) is 1. The molecule has 16 heavy (non-hydrogen) atoms. The van der Waals surface area contributed by atoms with Crippen LogP contribution in [0, 0.1) is 0 Å². The van der Waals surface area contributed by atoms with Gasteiger partial charge in [0.15, 0.2) is 0 Å². The van der Waals surface area contributed by atoms with Crippen molar-refractivity contribution < 1.29 is 9.53 Å². The van der Waals surface area contributed by atoms with Gasteiger partial charge in [0.1, 0.15) is 6.10 Å². The number of carbonyl (C=O) groups is 1. The summed E-state index contributed by atoms with van der Waals surface area (Å²) in [6, 6.07) is 7.14. The molecule has 4 nitrogen and oxygen atoms in total. The third-order valence-corrected chi connectivity index (χ3v) is 2.70. The van der Waals surface area contributed by atoms with Crippen LogP contribution in [0.4, 0.5) is 10.5 Å². The molecule has 1 aliphatic heterocycles. The molecule has 0 aromatic heterocycles. The minimum Gasteiger partial charge on any atom is -0.443 e. The molecule has 0 spiro atoms. The molecule has 86 valence electrons. The molecule has 1 aliphatic rings. The Labute approximate surface area is 99.1 Å². The summed E-state index contributed by atoms with van der Waals surface area (Å²) in [5.74, 6) is 0. The van der Waals surface area contributed by atoms with E-state index in [1.807, 2.05) is 19.2 Å². The lowest BCUT2D eigenvalue weighted by Crippen LogP contribution is -2.28. The molecule has 1 saturated heterocycles. The number of amides is 1. The molecule has 1 aromatic rings. The van der Waals surface area contributed by atoms with Crippen molar-refractivity contribution in [1.82, 2.24) is 5.32 Å². The van der Waals surface area contributed by atoms with Gasteiger partial charge in [-0.1, -0.05) is 11.6 Å². The Balaban J connectivity index is 2.10. The quantitative estimate of drug-likeness (QED) is 0.877. The van der Waals surface area contributed by atoms with E-state index in [1.165, 1.54) is 0 Å². The highest BCUT2D eigenvalue weighted by molar-refractivity contribution is 6.30. The van der Waals surface area contributed by atoms with Crippen molar-refractivity contribution in [2.75, 3.05) is 25.0 Å². The first-order chi connectivity index (χ1) is 7.70. The fourth-order valence-electron chi connectivity index (χ4n) is 1.69. The van der Waals surface area contributed by atoms with Crippen molar-refractivity contribution in [1.29, 1.82) is 0 Å². The van der Waals surface area contributed by atoms with E-state index in [-0.39, 0.29) is 12.2 Å². The van der Waals surface area contributed by atoms with Gasteiger partial charge in [0.05, 0.1) is 6.54 Å². The second-order valence-electron chi connectivity index (χ2n) is 3.65. The Hall–Kier alpha value is -1.26. The van der Waals surface area contributed by atoms with E-state index >= 15 is 0 Å². The van der Waals surface area contributed by atoms with Gasteiger partial charge in [0.2, 0.25) is 0 Å². The minimum absolute atomic E-state index is 0.0896. The van der Waals surface area contributed by atoms with Gasteiger partial charge in [0.25, 0.3) is 0 Å². The summed E-state index contributed by atoms with van der Waals surface area (Å²) in [7, 11) is 1.83. The first-order valence-electron chi connectivity index (χ1n) is 5.09. The number of hydrogen-bond acceptors (Lipinski definition) is 3. The van der Waals surface area contributed by atoms with Crippen molar-refractivity contribution in [3.63, 3.8) is 0 Å². The molecule has 1 atom stereocenters. The molecule has 5 heteroatoms. The highest BCUT2D eigenvalue weighted by atomic mass is 35.5. The number of carbonyl (C=O) groups excluding carboxylic acids is 1. The van der Waals surface area contributed by atoms with E-state index in [9.17, 15) is 4.79 Å². The Morgan fingerprint density at radius 2 is 2.19 bits per heavy atom. The number of rotatable bonds is 3. The molecular formula is C11H13ClN2O2. The number of hydrogen-bond donors (Lipinski definition) is 1. The lowest BCUT2D eigenvalue weighted by atomic mass is 10.3. The van der Waals surface area contributed by atoms with E-state index in [1.54, 1.807) is 17.0 Å². The van der Waals surface area contributed by atoms with Gasteiger partial charge < -0.3 is 10.1 Å². The summed E-state index contributed by atoms with van der Waals surface area (Å²) in [5.41, 5.74) is 0.813. The molecule has 0 saturated carbocycles. The SMILES string of the molecule is CNCC1CN(c2ccc(Cl)cc2)C(=O)O1. The second kappa shape index (κ2) is 4.72. The Kier molecular flexibility index (Phi) is 3.31. The number of benzene rings is 1. The first-order valence-corrected chi connectivity index (χ1v) is 5.47. The van der Waals surface area contributed by atoms with Gasteiger partial charge in [0, 0.05) is 17.3 Å². The zero-order valence-electron chi connectivity index (χ0n) is 8.94. The Morgan fingerprint density at radius 3 is 2.81 bits per heavy atom. The van der Waals surface area contributed by atoms with E-state index < -0.39 is 0 Å². The largest absolute Gasteiger partial charge is 0.443 e. The van der Waals surface area contributed by atoms with Crippen LogP contribution in [0.3, 0.4) is 0 Å². The third kappa shape index (κ3) is 2.28. The van der Waals surface area contributed by atoms with Crippen LogP contribution in [0.5, 0.6) is 0 Å². The molecule has 1 amide bonds. The minimum atomic E-state index is -0.303. The topological polar surface area (TPSA) is 41.6 Å². The maximum Gasteiger partial charge on any atom is 0.414 e. The van der Waals surface area contributed by atoms with Gasteiger partial charge in [-0.3, -0.25) is 4.90 Å². The van der Waals surface area contributed by atoms with Crippen LogP contribution in [-0.4, -0.2) is 32.3 Å².